The summed E-state index contributed by atoms with van der Waals surface area (Å²) in [5.41, 5.74) is 1.17. The lowest BCUT2D eigenvalue weighted by atomic mass is 10.2. The van der Waals surface area contributed by atoms with E-state index in [1.165, 1.54) is 12.1 Å². The molecule has 1 fully saturated rings. The lowest BCUT2D eigenvalue weighted by Crippen LogP contribution is -2.36. The number of hydrogen-bond acceptors (Lipinski definition) is 3. The van der Waals surface area contributed by atoms with Gasteiger partial charge in [-0.15, -0.1) is 12.4 Å². The van der Waals surface area contributed by atoms with Crippen molar-refractivity contribution in [2.45, 2.75) is 12.8 Å². The molecule has 0 saturated carbocycles. The summed E-state index contributed by atoms with van der Waals surface area (Å²) in [5, 5.41) is 6.97. The fraction of sp³-hybridized carbons (Fsp3) is 0.700. The SMILES string of the molecule is Cl.c1cc(CCCN2CCOCC2)n[nH]1. The molecule has 0 spiro atoms. The second-order valence-corrected chi connectivity index (χ2v) is 3.62. The number of rotatable bonds is 4. The van der Waals surface area contributed by atoms with Gasteiger partial charge in [-0.1, -0.05) is 0 Å². The Kier molecular flexibility index (Phi) is 5.68. The second kappa shape index (κ2) is 6.82. The lowest BCUT2D eigenvalue weighted by molar-refractivity contribution is 0.0374. The van der Waals surface area contributed by atoms with Gasteiger partial charge in [0.2, 0.25) is 0 Å². The van der Waals surface area contributed by atoms with Crippen LogP contribution in [0.25, 0.3) is 0 Å². The predicted molar refractivity (Wildman–Crippen MR) is 61.4 cm³/mol. The molecule has 0 aliphatic carbocycles. The van der Waals surface area contributed by atoms with Crippen LogP contribution in [-0.2, 0) is 11.2 Å². The Morgan fingerprint density at radius 1 is 1.40 bits per heavy atom. The molecule has 86 valence electrons. The van der Waals surface area contributed by atoms with E-state index in [9.17, 15) is 0 Å². The van der Waals surface area contributed by atoms with Crippen LogP contribution in [0.15, 0.2) is 12.3 Å². The summed E-state index contributed by atoms with van der Waals surface area (Å²) in [7, 11) is 0. The quantitative estimate of drug-likeness (QED) is 0.844. The summed E-state index contributed by atoms with van der Waals surface area (Å²) in [5.74, 6) is 0. The highest BCUT2D eigenvalue weighted by molar-refractivity contribution is 5.85. The van der Waals surface area contributed by atoms with Crippen LogP contribution >= 0.6 is 12.4 Å². The summed E-state index contributed by atoms with van der Waals surface area (Å²) in [6, 6.07) is 2.04. The van der Waals surface area contributed by atoms with E-state index in [-0.39, 0.29) is 12.4 Å². The molecule has 1 aromatic heterocycles. The maximum atomic E-state index is 5.29. The van der Waals surface area contributed by atoms with Crippen LogP contribution in [-0.4, -0.2) is 47.9 Å². The Labute approximate surface area is 96.4 Å². The highest BCUT2D eigenvalue weighted by Gasteiger charge is 2.09. The van der Waals surface area contributed by atoms with E-state index >= 15 is 0 Å². The molecule has 0 radical (unpaired) electrons. The molecule has 5 heteroatoms. The van der Waals surface area contributed by atoms with Gasteiger partial charge in [-0.25, -0.2) is 0 Å². The first-order chi connectivity index (χ1) is 6.95. The third-order valence-corrected chi connectivity index (χ3v) is 2.57. The van der Waals surface area contributed by atoms with E-state index in [4.69, 9.17) is 4.74 Å². The zero-order valence-electron chi connectivity index (χ0n) is 8.82. The first kappa shape index (κ1) is 12.5. The number of nitrogens with one attached hydrogen (secondary N) is 1. The Morgan fingerprint density at radius 2 is 2.20 bits per heavy atom. The zero-order valence-corrected chi connectivity index (χ0v) is 9.63. The molecule has 0 unspecified atom stereocenters. The maximum Gasteiger partial charge on any atom is 0.0622 e. The smallest absolute Gasteiger partial charge is 0.0622 e. The molecule has 0 aromatic carbocycles. The van der Waals surface area contributed by atoms with Gasteiger partial charge < -0.3 is 4.74 Å². The van der Waals surface area contributed by atoms with Gasteiger partial charge in [0, 0.05) is 19.3 Å². The van der Waals surface area contributed by atoms with E-state index in [1.54, 1.807) is 0 Å². The topological polar surface area (TPSA) is 41.1 Å². The highest BCUT2D eigenvalue weighted by Crippen LogP contribution is 2.02. The minimum atomic E-state index is 0. The van der Waals surface area contributed by atoms with Crippen LogP contribution < -0.4 is 0 Å². The summed E-state index contributed by atoms with van der Waals surface area (Å²) in [4.78, 5) is 2.45. The number of hydrogen-bond donors (Lipinski definition) is 1. The fourth-order valence-electron chi connectivity index (χ4n) is 1.74. The largest absolute Gasteiger partial charge is 0.379 e. The van der Waals surface area contributed by atoms with Crippen molar-refractivity contribution in [2.24, 2.45) is 0 Å². The van der Waals surface area contributed by atoms with Gasteiger partial charge in [0.25, 0.3) is 0 Å². The van der Waals surface area contributed by atoms with Gasteiger partial charge in [-0.3, -0.25) is 10.00 Å². The van der Waals surface area contributed by atoms with Crippen molar-refractivity contribution in [1.29, 1.82) is 0 Å². The van der Waals surface area contributed by atoms with Crippen LogP contribution in [0.3, 0.4) is 0 Å². The van der Waals surface area contributed by atoms with Gasteiger partial charge in [-0.2, -0.15) is 5.10 Å². The molecular weight excluding hydrogens is 214 g/mol. The predicted octanol–water partition coefficient (Wildman–Crippen LogP) is 1.10. The number of halogens is 1. The number of aromatic nitrogens is 2. The molecule has 4 nitrogen and oxygen atoms in total. The van der Waals surface area contributed by atoms with Crippen molar-refractivity contribution in [3.8, 4) is 0 Å². The van der Waals surface area contributed by atoms with Crippen molar-refractivity contribution in [1.82, 2.24) is 15.1 Å². The number of ether oxygens (including phenoxy) is 1. The van der Waals surface area contributed by atoms with Gasteiger partial charge >= 0.3 is 0 Å². The number of morpholine rings is 1. The van der Waals surface area contributed by atoms with E-state index in [0.29, 0.717) is 0 Å². The summed E-state index contributed by atoms with van der Waals surface area (Å²) >= 11 is 0. The minimum Gasteiger partial charge on any atom is -0.379 e. The molecule has 1 aliphatic heterocycles. The molecule has 1 N–H and O–H groups in total. The maximum absolute atomic E-state index is 5.29. The molecule has 1 saturated heterocycles. The van der Waals surface area contributed by atoms with Crippen molar-refractivity contribution in [2.75, 3.05) is 32.8 Å². The molecule has 2 rings (SSSR count). The Bertz CT molecular complexity index is 247. The molecule has 1 aliphatic rings. The third kappa shape index (κ3) is 4.20. The highest BCUT2D eigenvalue weighted by atomic mass is 35.5. The Hall–Kier alpha value is -0.580. The number of aryl methyl sites for hydroxylation is 1. The van der Waals surface area contributed by atoms with Gasteiger partial charge in [0.15, 0.2) is 0 Å². The first-order valence-electron chi connectivity index (χ1n) is 5.24. The molecule has 2 heterocycles. The van der Waals surface area contributed by atoms with Crippen molar-refractivity contribution in [3.63, 3.8) is 0 Å². The summed E-state index contributed by atoms with van der Waals surface area (Å²) in [6.07, 6.45) is 4.13. The molecule has 0 atom stereocenters. The van der Waals surface area contributed by atoms with Crippen LogP contribution in [0.5, 0.6) is 0 Å². The first-order valence-corrected chi connectivity index (χ1v) is 5.24. The Balaban J connectivity index is 0.00000112. The Morgan fingerprint density at radius 3 is 2.87 bits per heavy atom. The molecule has 15 heavy (non-hydrogen) atoms. The second-order valence-electron chi connectivity index (χ2n) is 3.62. The van der Waals surface area contributed by atoms with Crippen molar-refractivity contribution < 1.29 is 4.74 Å². The van der Waals surface area contributed by atoms with Gasteiger partial charge in [0.1, 0.15) is 0 Å². The molecule has 0 amide bonds. The standard InChI is InChI=1S/C10H17N3O.ClH/c1(2-10-3-4-11-12-10)5-13-6-8-14-9-7-13;/h3-4H,1-2,5-9H2,(H,11,12);1H. The number of H-pyrrole nitrogens is 1. The number of nitrogens with zero attached hydrogens (tertiary/aromatic N) is 2. The van der Waals surface area contributed by atoms with E-state index < -0.39 is 0 Å². The normalized spacial score (nSPS) is 17.3. The third-order valence-electron chi connectivity index (χ3n) is 2.57. The lowest BCUT2D eigenvalue weighted by Gasteiger charge is -2.26. The van der Waals surface area contributed by atoms with Crippen LogP contribution in [0.1, 0.15) is 12.1 Å². The van der Waals surface area contributed by atoms with Crippen LogP contribution in [0, 0.1) is 0 Å². The fourth-order valence-corrected chi connectivity index (χ4v) is 1.74. The van der Waals surface area contributed by atoms with E-state index in [1.807, 2.05) is 12.3 Å². The average molecular weight is 232 g/mol. The average Bonchev–Trinajstić information content (AvgIpc) is 2.72. The van der Waals surface area contributed by atoms with Gasteiger partial charge in [0.05, 0.1) is 18.9 Å². The van der Waals surface area contributed by atoms with Crippen LogP contribution in [0.2, 0.25) is 0 Å². The zero-order chi connectivity index (χ0) is 9.64. The van der Waals surface area contributed by atoms with Crippen molar-refractivity contribution >= 4 is 12.4 Å². The molecule has 1 aromatic rings. The van der Waals surface area contributed by atoms with Gasteiger partial charge in [-0.05, 0) is 25.5 Å². The van der Waals surface area contributed by atoms with Crippen LogP contribution in [0.4, 0.5) is 0 Å². The monoisotopic (exact) mass is 231 g/mol. The molecular formula is C10H18ClN3O. The summed E-state index contributed by atoms with van der Waals surface area (Å²) in [6.45, 7) is 5.11. The van der Waals surface area contributed by atoms with E-state index in [2.05, 4.69) is 15.1 Å². The summed E-state index contributed by atoms with van der Waals surface area (Å²) < 4.78 is 5.29. The molecule has 0 bridgehead atoms. The number of aromatic amines is 1. The minimum absolute atomic E-state index is 0. The van der Waals surface area contributed by atoms with Crippen molar-refractivity contribution in [3.05, 3.63) is 18.0 Å². The van der Waals surface area contributed by atoms with E-state index in [0.717, 1.165) is 39.3 Å².